The van der Waals surface area contributed by atoms with Crippen LogP contribution in [0.25, 0.3) is 0 Å². The maximum atomic E-state index is 5.17. The molecule has 0 aromatic rings. The van der Waals surface area contributed by atoms with Crippen molar-refractivity contribution in [2.45, 2.75) is 194 Å². The molecule has 0 heterocycles. The van der Waals surface area contributed by atoms with Gasteiger partial charge in [-0.05, 0) is 77.3 Å². The SMILES string of the molecule is CCCCCCCC/C=C\CCCCCCCCNCCCCCCCC/C=C\CCCCCCCC.NCCNCCN. The summed E-state index contributed by atoms with van der Waals surface area (Å²) in [5.41, 5.74) is 10.3. The molecule has 0 aromatic heterocycles. The van der Waals surface area contributed by atoms with Crippen molar-refractivity contribution in [2.75, 3.05) is 39.3 Å². The van der Waals surface area contributed by atoms with Crippen LogP contribution in [0.5, 0.6) is 0 Å². The van der Waals surface area contributed by atoms with Crippen molar-refractivity contribution in [2.24, 2.45) is 11.5 Å². The van der Waals surface area contributed by atoms with Crippen LogP contribution in [0.3, 0.4) is 0 Å². The number of nitrogens with two attached hydrogens (primary N) is 2. The van der Waals surface area contributed by atoms with Crippen LogP contribution >= 0.6 is 0 Å². The molecule has 0 aliphatic rings. The van der Waals surface area contributed by atoms with E-state index in [1.54, 1.807) is 0 Å². The summed E-state index contributed by atoms with van der Waals surface area (Å²) in [4.78, 5) is 0. The molecule has 0 saturated heterocycles. The van der Waals surface area contributed by atoms with Crippen molar-refractivity contribution in [1.29, 1.82) is 0 Å². The lowest BCUT2D eigenvalue weighted by atomic mass is 10.1. The van der Waals surface area contributed by atoms with Gasteiger partial charge in [-0.2, -0.15) is 0 Å². The third-order valence-corrected chi connectivity index (χ3v) is 8.37. The van der Waals surface area contributed by atoms with Gasteiger partial charge in [0.25, 0.3) is 0 Å². The van der Waals surface area contributed by atoms with Crippen LogP contribution < -0.4 is 22.1 Å². The third-order valence-electron chi connectivity index (χ3n) is 8.37. The van der Waals surface area contributed by atoms with Crippen LogP contribution in [0, 0.1) is 0 Å². The number of allylic oxidation sites excluding steroid dienone is 4. The van der Waals surface area contributed by atoms with Gasteiger partial charge in [0.1, 0.15) is 0 Å². The minimum Gasteiger partial charge on any atom is -0.329 e. The lowest BCUT2D eigenvalue weighted by Crippen LogP contribution is -2.27. The minimum atomic E-state index is 0.694. The quantitative estimate of drug-likeness (QED) is 0.0415. The van der Waals surface area contributed by atoms with E-state index in [1.807, 2.05) is 0 Å². The molecule has 6 N–H and O–H groups in total. The zero-order valence-electron chi connectivity index (χ0n) is 30.5. The van der Waals surface area contributed by atoms with E-state index in [0.29, 0.717) is 13.1 Å². The van der Waals surface area contributed by atoms with Crippen LogP contribution in [-0.2, 0) is 0 Å². The molecule has 0 atom stereocenters. The van der Waals surface area contributed by atoms with Gasteiger partial charge in [-0.25, -0.2) is 0 Å². The molecule has 0 aliphatic heterocycles. The van der Waals surface area contributed by atoms with E-state index in [4.69, 9.17) is 11.5 Å². The Morgan fingerprint density at radius 2 is 0.568 bits per heavy atom. The molecule has 0 amide bonds. The van der Waals surface area contributed by atoms with E-state index in [0.717, 1.165) is 13.1 Å². The Morgan fingerprint density at radius 3 is 0.864 bits per heavy atom. The summed E-state index contributed by atoms with van der Waals surface area (Å²) in [5.74, 6) is 0. The van der Waals surface area contributed by atoms with Crippen LogP contribution in [0.1, 0.15) is 194 Å². The topological polar surface area (TPSA) is 76.1 Å². The summed E-state index contributed by atoms with van der Waals surface area (Å²) in [6, 6.07) is 0. The van der Waals surface area contributed by atoms with E-state index >= 15 is 0 Å². The molecule has 0 fully saturated rings. The average molecular weight is 621 g/mol. The number of hydrogen-bond donors (Lipinski definition) is 4. The van der Waals surface area contributed by atoms with Crippen molar-refractivity contribution >= 4 is 0 Å². The zero-order valence-corrected chi connectivity index (χ0v) is 30.5. The number of unbranched alkanes of at least 4 members (excludes halogenated alkanes) is 24. The summed E-state index contributed by atoms with van der Waals surface area (Å²) < 4.78 is 0. The molecular formula is C40H84N4. The first-order valence-corrected chi connectivity index (χ1v) is 19.9. The Hall–Kier alpha value is -0.680. The molecule has 0 saturated carbocycles. The number of hydrogen-bond acceptors (Lipinski definition) is 4. The van der Waals surface area contributed by atoms with E-state index in [2.05, 4.69) is 48.8 Å². The van der Waals surface area contributed by atoms with Crippen molar-refractivity contribution in [1.82, 2.24) is 10.6 Å². The highest BCUT2D eigenvalue weighted by Gasteiger charge is 1.94. The first-order valence-electron chi connectivity index (χ1n) is 19.9. The van der Waals surface area contributed by atoms with E-state index < -0.39 is 0 Å². The molecular weight excluding hydrogens is 536 g/mol. The van der Waals surface area contributed by atoms with Gasteiger partial charge in [-0.1, -0.05) is 154 Å². The Bertz CT molecular complexity index is 476. The Labute approximate surface area is 278 Å². The van der Waals surface area contributed by atoms with Crippen molar-refractivity contribution in [3.63, 3.8) is 0 Å². The van der Waals surface area contributed by atoms with Gasteiger partial charge >= 0.3 is 0 Å². The fraction of sp³-hybridized carbons (Fsp3) is 0.900. The van der Waals surface area contributed by atoms with Gasteiger partial charge < -0.3 is 22.1 Å². The van der Waals surface area contributed by atoms with Crippen LogP contribution in [0.2, 0.25) is 0 Å². The lowest BCUT2D eigenvalue weighted by Gasteiger charge is -2.05. The van der Waals surface area contributed by atoms with Gasteiger partial charge in [0.15, 0.2) is 0 Å². The summed E-state index contributed by atoms with van der Waals surface area (Å²) in [7, 11) is 0. The zero-order chi connectivity index (χ0) is 32.3. The largest absolute Gasteiger partial charge is 0.329 e. The summed E-state index contributed by atoms with van der Waals surface area (Å²) >= 11 is 0. The summed E-state index contributed by atoms with van der Waals surface area (Å²) in [6.07, 6.45) is 48.8. The van der Waals surface area contributed by atoms with E-state index in [9.17, 15) is 0 Å². The standard InChI is InChI=1S/C36H71N.C4H13N3/c1-3-5-7-9-11-13-15-17-19-21-23-25-27-29-31-33-35-37-36-34-32-30-28-26-24-22-20-18-16-14-12-10-8-6-4-2;5-1-3-7-4-2-6/h17-20,37H,3-16,21-36H2,1-2H3;7H,1-6H2/b19-17-,20-18-;. The molecule has 0 unspecified atom stereocenters. The molecule has 0 radical (unpaired) electrons. The molecule has 0 spiro atoms. The smallest absolute Gasteiger partial charge is 0.00750 e. The van der Waals surface area contributed by atoms with Crippen molar-refractivity contribution in [3.05, 3.63) is 24.3 Å². The Kier molecular flexibility index (Phi) is 48.3. The molecule has 0 aliphatic carbocycles. The van der Waals surface area contributed by atoms with Crippen LogP contribution in [-0.4, -0.2) is 39.3 Å². The predicted octanol–water partition coefficient (Wildman–Crippen LogP) is 11.1. The van der Waals surface area contributed by atoms with Crippen LogP contribution in [0.4, 0.5) is 0 Å². The minimum absolute atomic E-state index is 0.694. The molecule has 0 rings (SSSR count). The third kappa shape index (κ3) is 48.2. The highest BCUT2D eigenvalue weighted by molar-refractivity contribution is 4.82. The molecule has 0 aromatic carbocycles. The molecule has 4 heteroatoms. The van der Waals surface area contributed by atoms with Crippen LogP contribution in [0.15, 0.2) is 24.3 Å². The monoisotopic (exact) mass is 621 g/mol. The molecule has 44 heavy (non-hydrogen) atoms. The lowest BCUT2D eigenvalue weighted by molar-refractivity contribution is 0.539. The number of nitrogens with one attached hydrogen (secondary N) is 2. The predicted molar refractivity (Wildman–Crippen MR) is 203 cm³/mol. The fourth-order valence-corrected chi connectivity index (χ4v) is 5.45. The molecule has 0 bridgehead atoms. The molecule has 264 valence electrons. The van der Waals surface area contributed by atoms with E-state index in [1.165, 1.54) is 193 Å². The maximum Gasteiger partial charge on any atom is 0.00750 e. The summed E-state index contributed by atoms with van der Waals surface area (Å²) in [5, 5.41) is 6.70. The van der Waals surface area contributed by atoms with Crippen molar-refractivity contribution in [3.8, 4) is 0 Å². The Morgan fingerprint density at radius 1 is 0.318 bits per heavy atom. The first kappa shape index (κ1) is 45.4. The second-order valence-electron chi connectivity index (χ2n) is 13.0. The first-order chi connectivity index (χ1) is 21.8. The number of rotatable bonds is 36. The normalized spacial score (nSPS) is 11.5. The highest BCUT2D eigenvalue weighted by atomic mass is 14.9. The fourth-order valence-electron chi connectivity index (χ4n) is 5.45. The van der Waals surface area contributed by atoms with Gasteiger partial charge in [-0.3, -0.25) is 0 Å². The van der Waals surface area contributed by atoms with Gasteiger partial charge in [0.05, 0.1) is 0 Å². The second kappa shape index (κ2) is 46.7. The van der Waals surface area contributed by atoms with Gasteiger partial charge in [-0.15, -0.1) is 0 Å². The van der Waals surface area contributed by atoms with E-state index in [-0.39, 0.29) is 0 Å². The van der Waals surface area contributed by atoms with Crippen molar-refractivity contribution < 1.29 is 0 Å². The van der Waals surface area contributed by atoms with Gasteiger partial charge in [0.2, 0.25) is 0 Å². The van der Waals surface area contributed by atoms with Gasteiger partial charge in [0, 0.05) is 26.2 Å². The molecule has 4 nitrogen and oxygen atoms in total. The second-order valence-corrected chi connectivity index (χ2v) is 13.0. The maximum absolute atomic E-state index is 5.17. The summed E-state index contributed by atoms with van der Waals surface area (Å²) in [6.45, 7) is 10.2. The average Bonchev–Trinajstić information content (AvgIpc) is 3.04. The Balaban J connectivity index is 0. The highest BCUT2D eigenvalue weighted by Crippen LogP contribution is 2.11.